The molecule has 0 bridgehead atoms. The predicted octanol–water partition coefficient (Wildman–Crippen LogP) is 1.46. The lowest BCUT2D eigenvalue weighted by Gasteiger charge is -2.25. The first-order valence-corrected chi connectivity index (χ1v) is 12.0. The summed E-state index contributed by atoms with van der Waals surface area (Å²) in [5, 5.41) is 16.5. The molecule has 11 heteroatoms. The van der Waals surface area contributed by atoms with Gasteiger partial charge in [0.15, 0.2) is 0 Å². The molecule has 29 heavy (non-hydrogen) atoms. The van der Waals surface area contributed by atoms with Gasteiger partial charge in [-0.2, -0.15) is 23.5 Å². The van der Waals surface area contributed by atoms with Crippen LogP contribution in [0.2, 0.25) is 0 Å². The van der Waals surface area contributed by atoms with Crippen LogP contribution >= 0.6 is 23.5 Å². The summed E-state index contributed by atoms with van der Waals surface area (Å²) in [7, 11) is 0. The van der Waals surface area contributed by atoms with Gasteiger partial charge in [0.2, 0.25) is 11.8 Å². The minimum absolute atomic E-state index is 0.326. The highest BCUT2D eigenvalue weighted by Crippen LogP contribution is 2.09. The summed E-state index contributed by atoms with van der Waals surface area (Å²) in [5.74, 6) is -1.06. The Morgan fingerprint density at radius 3 is 1.76 bits per heavy atom. The SMILES string of the molecule is CSCC[C@@H](NC(=O)OC(C)(C)C)C(=O)N[C@H](CCSC)C(=O)N[C@H](C)C(=O)O. The van der Waals surface area contributed by atoms with E-state index in [1.165, 1.54) is 30.4 Å². The summed E-state index contributed by atoms with van der Waals surface area (Å²) in [5.41, 5.74) is -0.710. The summed E-state index contributed by atoms with van der Waals surface area (Å²) in [6, 6.07) is -2.86. The molecule has 0 aliphatic carbocycles. The van der Waals surface area contributed by atoms with Crippen LogP contribution in [0.25, 0.3) is 0 Å². The molecular weight excluding hydrogens is 418 g/mol. The van der Waals surface area contributed by atoms with E-state index in [4.69, 9.17) is 9.84 Å². The van der Waals surface area contributed by atoms with Crippen LogP contribution in [0.15, 0.2) is 0 Å². The maximum Gasteiger partial charge on any atom is 0.408 e. The Hall–Kier alpha value is -1.62. The van der Waals surface area contributed by atoms with Crippen LogP contribution in [0.3, 0.4) is 0 Å². The molecule has 0 fully saturated rings. The number of carboxylic acid groups (broad SMARTS) is 1. The average Bonchev–Trinajstić information content (AvgIpc) is 2.59. The van der Waals surface area contributed by atoms with E-state index in [0.717, 1.165) is 0 Å². The molecule has 0 saturated carbocycles. The van der Waals surface area contributed by atoms with Crippen LogP contribution in [0.4, 0.5) is 4.79 Å². The molecule has 9 nitrogen and oxygen atoms in total. The number of carboxylic acids is 1. The molecule has 0 aromatic carbocycles. The first-order chi connectivity index (χ1) is 13.4. The van der Waals surface area contributed by atoms with Crippen molar-refractivity contribution in [1.82, 2.24) is 16.0 Å². The zero-order chi connectivity index (χ0) is 22.6. The first kappa shape index (κ1) is 27.4. The monoisotopic (exact) mass is 451 g/mol. The predicted molar refractivity (Wildman–Crippen MR) is 116 cm³/mol. The van der Waals surface area contributed by atoms with E-state index in [1.807, 2.05) is 12.5 Å². The molecule has 0 aromatic heterocycles. The van der Waals surface area contributed by atoms with Crippen LogP contribution in [0, 0.1) is 0 Å². The maximum atomic E-state index is 12.8. The Bertz CT molecular complexity index is 568. The fraction of sp³-hybridized carbons (Fsp3) is 0.778. The Kier molecular flexibility index (Phi) is 12.8. The van der Waals surface area contributed by atoms with Crippen molar-refractivity contribution in [2.45, 2.75) is 64.3 Å². The van der Waals surface area contributed by atoms with Gasteiger partial charge in [-0.1, -0.05) is 0 Å². The number of rotatable bonds is 12. The number of carbonyl (C=O) groups excluding carboxylic acids is 3. The number of ether oxygens (including phenoxy) is 1. The van der Waals surface area contributed by atoms with Gasteiger partial charge in [-0.25, -0.2) is 4.79 Å². The summed E-state index contributed by atoms with van der Waals surface area (Å²) in [6.45, 7) is 6.50. The molecule has 3 amide bonds. The number of hydrogen-bond acceptors (Lipinski definition) is 7. The molecule has 3 atom stereocenters. The van der Waals surface area contributed by atoms with Gasteiger partial charge in [-0.3, -0.25) is 14.4 Å². The van der Waals surface area contributed by atoms with Gasteiger partial charge in [0.1, 0.15) is 23.7 Å². The Labute approximate surface area is 180 Å². The summed E-state index contributed by atoms with van der Waals surface area (Å²) in [4.78, 5) is 48.3. The minimum Gasteiger partial charge on any atom is -0.480 e. The van der Waals surface area contributed by atoms with E-state index < -0.39 is 47.6 Å². The first-order valence-electron chi connectivity index (χ1n) is 9.22. The molecular formula is C18H33N3O6S2. The van der Waals surface area contributed by atoms with Crippen molar-refractivity contribution >= 4 is 47.4 Å². The van der Waals surface area contributed by atoms with Gasteiger partial charge in [0.05, 0.1) is 0 Å². The molecule has 4 N–H and O–H groups in total. The van der Waals surface area contributed by atoms with Gasteiger partial charge in [-0.15, -0.1) is 0 Å². The van der Waals surface area contributed by atoms with Crippen molar-refractivity contribution in [1.29, 1.82) is 0 Å². The molecule has 0 spiro atoms. The number of hydrogen-bond donors (Lipinski definition) is 4. The van der Waals surface area contributed by atoms with Crippen molar-refractivity contribution in [3.05, 3.63) is 0 Å². The fourth-order valence-electron chi connectivity index (χ4n) is 2.11. The van der Waals surface area contributed by atoms with Crippen molar-refractivity contribution in [3.8, 4) is 0 Å². The van der Waals surface area contributed by atoms with Crippen LogP contribution in [-0.4, -0.2) is 76.7 Å². The van der Waals surface area contributed by atoms with Crippen LogP contribution < -0.4 is 16.0 Å². The highest BCUT2D eigenvalue weighted by molar-refractivity contribution is 7.98. The lowest BCUT2D eigenvalue weighted by Crippen LogP contribution is -2.56. The van der Waals surface area contributed by atoms with E-state index in [1.54, 1.807) is 20.8 Å². The molecule has 0 heterocycles. The van der Waals surface area contributed by atoms with E-state index in [9.17, 15) is 19.2 Å². The van der Waals surface area contributed by atoms with E-state index in [0.29, 0.717) is 24.3 Å². The molecule has 168 valence electrons. The van der Waals surface area contributed by atoms with Crippen molar-refractivity contribution in [3.63, 3.8) is 0 Å². The molecule has 0 aliphatic rings. The zero-order valence-corrected chi connectivity index (χ0v) is 19.5. The number of aliphatic carboxylic acids is 1. The summed E-state index contributed by atoms with van der Waals surface area (Å²) in [6.07, 6.45) is 3.71. The van der Waals surface area contributed by atoms with Gasteiger partial charge < -0.3 is 25.8 Å². The average molecular weight is 452 g/mol. The number of amides is 3. The third-order valence-corrected chi connectivity index (χ3v) is 4.88. The Balaban J connectivity index is 5.19. The van der Waals surface area contributed by atoms with E-state index in [2.05, 4.69) is 16.0 Å². The van der Waals surface area contributed by atoms with Crippen molar-refractivity contribution in [2.24, 2.45) is 0 Å². The van der Waals surface area contributed by atoms with Crippen LogP contribution in [-0.2, 0) is 19.1 Å². The second kappa shape index (κ2) is 13.6. The Morgan fingerprint density at radius 2 is 1.34 bits per heavy atom. The molecule has 0 rings (SSSR count). The van der Waals surface area contributed by atoms with Gasteiger partial charge >= 0.3 is 12.1 Å². The third kappa shape index (κ3) is 12.5. The molecule has 0 aromatic rings. The minimum atomic E-state index is -1.17. The normalized spacial score (nSPS) is 14.3. The van der Waals surface area contributed by atoms with E-state index >= 15 is 0 Å². The smallest absolute Gasteiger partial charge is 0.408 e. The highest BCUT2D eigenvalue weighted by atomic mass is 32.2. The third-order valence-electron chi connectivity index (χ3n) is 3.59. The van der Waals surface area contributed by atoms with Gasteiger partial charge in [0.25, 0.3) is 0 Å². The highest BCUT2D eigenvalue weighted by Gasteiger charge is 2.29. The van der Waals surface area contributed by atoms with Crippen molar-refractivity contribution < 1.29 is 29.0 Å². The van der Waals surface area contributed by atoms with Crippen molar-refractivity contribution in [2.75, 3.05) is 24.0 Å². The molecule has 0 unspecified atom stereocenters. The molecule has 0 aliphatic heterocycles. The summed E-state index contributed by atoms with van der Waals surface area (Å²) < 4.78 is 5.21. The number of nitrogens with one attached hydrogen (secondary N) is 3. The summed E-state index contributed by atoms with van der Waals surface area (Å²) >= 11 is 3.02. The fourth-order valence-corrected chi connectivity index (χ4v) is 3.05. The topological polar surface area (TPSA) is 134 Å². The standard InChI is InChI=1S/C18H33N3O6S2/c1-11(16(24)25)19-14(22)12(7-9-28-5)20-15(23)13(8-10-29-6)21-17(26)27-18(2,3)4/h11-13H,7-10H2,1-6H3,(H,19,22)(H,20,23)(H,21,26)(H,24,25)/t11-,12-,13-/m1/s1. The Morgan fingerprint density at radius 1 is 0.897 bits per heavy atom. The molecule has 0 radical (unpaired) electrons. The van der Waals surface area contributed by atoms with Gasteiger partial charge in [0, 0.05) is 0 Å². The van der Waals surface area contributed by atoms with Crippen LogP contribution in [0.5, 0.6) is 0 Å². The van der Waals surface area contributed by atoms with Crippen LogP contribution in [0.1, 0.15) is 40.5 Å². The quantitative estimate of drug-likeness (QED) is 0.350. The zero-order valence-electron chi connectivity index (χ0n) is 17.9. The number of carbonyl (C=O) groups is 4. The second-order valence-electron chi connectivity index (χ2n) is 7.39. The maximum absolute atomic E-state index is 12.8. The molecule has 0 saturated heterocycles. The van der Waals surface area contributed by atoms with E-state index in [-0.39, 0.29) is 0 Å². The largest absolute Gasteiger partial charge is 0.480 e. The lowest BCUT2D eigenvalue weighted by atomic mass is 10.1. The van der Waals surface area contributed by atoms with Gasteiger partial charge in [-0.05, 0) is 64.6 Å². The number of alkyl carbamates (subject to hydrolysis) is 1. The second-order valence-corrected chi connectivity index (χ2v) is 9.36. The lowest BCUT2D eigenvalue weighted by molar-refractivity contribution is -0.141. The number of thioether (sulfide) groups is 2.